The summed E-state index contributed by atoms with van der Waals surface area (Å²) in [5, 5.41) is 3.94. The maximum absolute atomic E-state index is 5.89. The summed E-state index contributed by atoms with van der Waals surface area (Å²) in [4.78, 5) is 12.7. The first-order valence-electron chi connectivity index (χ1n) is 6.54. The highest BCUT2D eigenvalue weighted by molar-refractivity contribution is 5.67. The number of nitrogens with two attached hydrogens (primary N) is 1. The van der Waals surface area contributed by atoms with E-state index in [0.29, 0.717) is 23.2 Å². The molecule has 0 unspecified atom stereocenters. The number of hydrogen-bond acceptors (Lipinski definition) is 6. The summed E-state index contributed by atoms with van der Waals surface area (Å²) in [6.07, 6.45) is 3.43. The Kier molecular flexibility index (Phi) is 3.13. The average molecular weight is 281 g/mol. The van der Waals surface area contributed by atoms with Crippen molar-refractivity contribution in [2.24, 2.45) is 0 Å². The maximum Gasteiger partial charge on any atom is 0.258 e. The van der Waals surface area contributed by atoms with Crippen LogP contribution < -0.4 is 5.73 Å². The summed E-state index contributed by atoms with van der Waals surface area (Å²) in [5.41, 5.74) is 10.5. The Morgan fingerprint density at radius 3 is 2.43 bits per heavy atom. The van der Waals surface area contributed by atoms with Crippen molar-refractivity contribution < 1.29 is 4.52 Å². The maximum atomic E-state index is 5.89. The van der Waals surface area contributed by atoms with Crippen molar-refractivity contribution in [1.29, 1.82) is 0 Å². The molecule has 3 aromatic rings. The summed E-state index contributed by atoms with van der Waals surface area (Å²) in [5.74, 6) is 1.22. The molecule has 0 bridgehead atoms. The number of benzene rings is 1. The minimum absolute atomic E-state index is 0.365. The van der Waals surface area contributed by atoms with E-state index in [1.54, 1.807) is 12.4 Å². The van der Waals surface area contributed by atoms with Crippen LogP contribution in [0.3, 0.4) is 0 Å². The summed E-state index contributed by atoms with van der Waals surface area (Å²) in [6, 6.07) is 3.74. The molecule has 0 aliphatic rings. The van der Waals surface area contributed by atoms with E-state index in [1.807, 2.05) is 32.9 Å². The lowest BCUT2D eigenvalue weighted by Gasteiger charge is -2.06. The zero-order chi connectivity index (χ0) is 15.0. The largest absolute Gasteiger partial charge is 0.399 e. The number of anilines is 1. The van der Waals surface area contributed by atoms with Crippen molar-refractivity contribution in [2.75, 3.05) is 5.73 Å². The second kappa shape index (κ2) is 4.97. The molecule has 21 heavy (non-hydrogen) atoms. The second-order valence-corrected chi connectivity index (χ2v) is 5.02. The molecule has 0 aliphatic carbocycles. The van der Waals surface area contributed by atoms with Gasteiger partial charge < -0.3 is 10.3 Å². The van der Waals surface area contributed by atoms with Crippen molar-refractivity contribution >= 4 is 5.69 Å². The first kappa shape index (κ1) is 13.2. The Morgan fingerprint density at radius 2 is 1.71 bits per heavy atom. The molecule has 6 heteroatoms. The van der Waals surface area contributed by atoms with Gasteiger partial charge in [0, 0.05) is 23.6 Å². The van der Waals surface area contributed by atoms with Crippen LogP contribution in [0.2, 0.25) is 0 Å². The van der Waals surface area contributed by atoms with Crippen LogP contribution in [-0.2, 0) is 0 Å². The molecule has 3 rings (SSSR count). The Labute approximate surface area is 122 Å². The van der Waals surface area contributed by atoms with Gasteiger partial charge in [-0.15, -0.1) is 0 Å². The van der Waals surface area contributed by atoms with Crippen molar-refractivity contribution in [3.8, 4) is 23.1 Å². The highest BCUT2D eigenvalue weighted by atomic mass is 16.5. The lowest BCUT2D eigenvalue weighted by atomic mass is 10.0. The highest BCUT2D eigenvalue weighted by Gasteiger charge is 2.15. The number of nitrogen functional groups attached to an aromatic ring is 1. The predicted molar refractivity (Wildman–Crippen MR) is 79.4 cm³/mol. The second-order valence-electron chi connectivity index (χ2n) is 5.02. The number of nitrogens with zero attached hydrogens (tertiary/aromatic N) is 4. The first-order valence-corrected chi connectivity index (χ1v) is 6.54. The van der Waals surface area contributed by atoms with Crippen molar-refractivity contribution in [1.82, 2.24) is 20.1 Å². The molecule has 0 atom stereocenters. The number of aromatic nitrogens is 4. The quantitative estimate of drug-likeness (QED) is 0.726. The number of hydrogen-bond donors (Lipinski definition) is 1. The summed E-state index contributed by atoms with van der Waals surface area (Å²) >= 11 is 0. The van der Waals surface area contributed by atoms with Crippen LogP contribution in [0.25, 0.3) is 23.1 Å². The van der Waals surface area contributed by atoms with Crippen molar-refractivity contribution in [3.05, 3.63) is 41.2 Å². The Bertz CT molecular complexity index is 792. The van der Waals surface area contributed by atoms with Gasteiger partial charge in [0.2, 0.25) is 11.6 Å². The fraction of sp³-hybridized carbons (Fsp3) is 0.200. The van der Waals surface area contributed by atoms with Gasteiger partial charge in [-0.25, -0.2) is 9.97 Å². The van der Waals surface area contributed by atoms with Crippen LogP contribution in [0.1, 0.15) is 16.7 Å². The fourth-order valence-corrected chi connectivity index (χ4v) is 2.04. The number of aryl methyl sites for hydroxylation is 2. The standard InChI is InChI=1S/C15H15N5O/c1-8-6-17-13(18-7-8)14-19-15(21-20-14)12-5-11(16)4-9(2)10(12)3/h4-7H,16H2,1-3H3. The first-order chi connectivity index (χ1) is 10.0. The van der Waals surface area contributed by atoms with Gasteiger partial charge in [0.15, 0.2) is 0 Å². The molecule has 0 aliphatic heterocycles. The van der Waals surface area contributed by atoms with Gasteiger partial charge in [-0.1, -0.05) is 5.16 Å². The van der Waals surface area contributed by atoms with Crippen molar-refractivity contribution in [2.45, 2.75) is 20.8 Å². The summed E-state index contributed by atoms with van der Waals surface area (Å²) in [6.45, 7) is 5.91. The van der Waals surface area contributed by atoms with Crippen LogP contribution in [0.4, 0.5) is 5.69 Å². The van der Waals surface area contributed by atoms with E-state index in [9.17, 15) is 0 Å². The monoisotopic (exact) mass is 281 g/mol. The molecule has 0 saturated heterocycles. The van der Waals surface area contributed by atoms with E-state index in [-0.39, 0.29) is 0 Å². The zero-order valence-electron chi connectivity index (χ0n) is 12.1. The van der Waals surface area contributed by atoms with Crippen LogP contribution in [0.15, 0.2) is 29.0 Å². The molecule has 0 amide bonds. The number of rotatable bonds is 2. The van der Waals surface area contributed by atoms with E-state index in [0.717, 1.165) is 22.3 Å². The molecular weight excluding hydrogens is 266 g/mol. The summed E-state index contributed by atoms with van der Waals surface area (Å²) in [7, 11) is 0. The SMILES string of the molecule is Cc1cnc(-c2noc(-c3cc(N)cc(C)c3C)n2)nc1. The molecule has 0 fully saturated rings. The third-order valence-corrected chi connectivity index (χ3v) is 3.33. The van der Waals surface area contributed by atoms with Gasteiger partial charge in [0.25, 0.3) is 5.89 Å². The van der Waals surface area contributed by atoms with E-state index >= 15 is 0 Å². The smallest absolute Gasteiger partial charge is 0.258 e. The van der Waals surface area contributed by atoms with Gasteiger partial charge in [-0.3, -0.25) is 0 Å². The van der Waals surface area contributed by atoms with Gasteiger partial charge in [-0.05, 0) is 49.6 Å². The van der Waals surface area contributed by atoms with E-state index in [4.69, 9.17) is 10.3 Å². The molecule has 2 aromatic heterocycles. The Morgan fingerprint density at radius 1 is 1.00 bits per heavy atom. The van der Waals surface area contributed by atoms with Crippen LogP contribution in [0, 0.1) is 20.8 Å². The third-order valence-electron chi connectivity index (χ3n) is 3.33. The third kappa shape index (κ3) is 2.47. The molecule has 6 nitrogen and oxygen atoms in total. The normalized spacial score (nSPS) is 10.8. The van der Waals surface area contributed by atoms with Crippen LogP contribution >= 0.6 is 0 Å². The average Bonchev–Trinajstić information content (AvgIpc) is 2.93. The fourth-order valence-electron chi connectivity index (χ4n) is 2.04. The predicted octanol–water partition coefficient (Wildman–Crippen LogP) is 2.70. The molecule has 0 spiro atoms. The summed E-state index contributed by atoms with van der Waals surface area (Å²) < 4.78 is 5.33. The highest BCUT2D eigenvalue weighted by Crippen LogP contribution is 2.28. The van der Waals surface area contributed by atoms with E-state index in [2.05, 4.69) is 20.1 Å². The zero-order valence-corrected chi connectivity index (χ0v) is 12.1. The molecule has 0 saturated carbocycles. The molecule has 0 radical (unpaired) electrons. The van der Waals surface area contributed by atoms with E-state index < -0.39 is 0 Å². The van der Waals surface area contributed by atoms with Crippen LogP contribution in [-0.4, -0.2) is 20.1 Å². The molecule has 2 heterocycles. The van der Waals surface area contributed by atoms with Gasteiger partial charge in [-0.2, -0.15) is 4.98 Å². The van der Waals surface area contributed by atoms with Crippen LogP contribution in [0.5, 0.6) is 0 Å². The van der Waals surface area contributed by atoms with Gasteiger partial charge >= 0.3 is 0 Å². The topological polar surface area (TPSA) is 90.7 Å². The van der Waals surface area contributed by atoms with Gasteiger partial charge in [0.05, 0.1) is 0 Å². The van der Waals surface area contributed by atoms with E-state index in [1.165, 1.54) is 0 Å². The Balaban J connectivity index is 2.04. The minimum Gasteiger partial charge on any atom is -0.399 e. The molecule has 106 valence electrons. The lowest BCUT2D eigenvalue weighted by molar-refractivity contribution is 0.431. The molecule has 1 aromatic carbocycles. The molecule has 2 N–H and O–H groups in total. The lowest BCUT2D eigenvalue weighted by Crippen LogP contribution is -1.93. The van der Waals surface area contributed by atoms with Gasteiger partial charge in [0.1, 0.15) is 0 Å². The molecular formula is C15H15N5O. The Hall–Kier alpha value is -2.76. The minimum atomic E-state index is 0.365. The van der Waals surface area contributed by atoms with Crippen molar-refractivity contribution in [3.63, 3.8) is 0 Å².